The van der Waals surface area contributed by atoms with Gasteiger partial charge in [0.15, 0.2) is 5.96 Å². The van der Waals surface area contributed by atoms with Gasteiger partial charge >= 0.3 is 5.97 Å². The Labute approximate surface area is 147 Å². The molecule has 22 heavy (non-hydrogen) atoms. The lowest BCUT2D eigenvalue weighted by Gasteiger charge is -2.12. The molecule has 0 aliphatic rings. The van der Waals surface area contributed by atoms with Crippen LogP contribution in [0.15, 0.2) is 29.3 Å². The maximum atomic E-state index is 12.8. The summed E-state index contributed by atoms with van der Waals surface area (Å²) in [6.07, 6.45) is 0.170. The van der Waals surface area contributed by atoms with Crippen molar-refractivity contribution in [1.82, 2.24) is 10.6 Å². The summed E-state index contributed by atoms with van der Waals surface area (Å²) in [7, 11) is 1.65. The van der Waals surface area contributed by atoms with Gasteiger partial charge in [0.1, 0.15) is 5.82 Å². The van der Waals surface area contributed by atoms with Crippen LogP contribution in [0.4, 0.5) is 4.39 Å². The fourth-order valence-electron chi connectivity index (χ4n) is 1.61. The fourth-order valence-corrected chi connectivity index (χ4v) is 1.61. The molecule has 0 aromatic heterocycles. The van der Waals surface area contributed by atoms with Crippen molar-refractivity contribution in [3.05, 3.63) is 35.6 Å². The van der Waals surface area contributed by atoms with Crippen LogP contribution >= 0.6 is 24.0 Å². The molecule has 7 heteroatoms. The number of ether oxygens (including phenoxy) is 1. The van der Waals surface area contributed by atoms with Crippen LogP contribution in [0.25, 0.3) is 0 Å². The molecule has 1 rings (SSSR count). The maximum Gasteiger partial charge on any atom is 0.307 e. The summed E-state index contributed by atoms with van der Waals surface area (Å²) in [5, 5.41) is 6.10. The van der Waals surface area contributed by atoms with Gasteiger partial charge in [-0.2, -0.15) is 0 Å². The molecule has 124 valence electrons. The second-order valence-corrected chi connectivity index (χ2v) is 4.77. The van der Waals surface area contributed by atoms with Crippen molar-refractivity contribution >= 4 is 35.9 Å². The molecule has 1 aromatic rings. The Morgan fingerprint density at radius 1 is 1.27 bits per heavy atom. The molecule has 2 N–H and O–H groups in total. The van der Waals surface area contributed by atoms with Gasteiger partial charge in [0, 0.05) is 20.1 Å². The van der Waals surface area contributed by atoms with Gasteiger partial charge in [-0.25, -0.2) is 4.39 Å². The Balaban J connectivity index is 0.00000441. The largest absolute Gasteiger partial charge is 0.463 e. The van der Waals surface area contributed by atoms with Crippen LogP contribution in [-0.4, -0.2) is 31.6 Å². The standard InChI is InChI=1S/C15H22FN3O2.HI/c1-11(2)21-14(20)8-9-18-15(17-3)19-10-12-4-6-13(16)7-5-12;/h4-7,11H,8-10H2,1-3H3,(H2,17,18,19);1H. The van der Waals surface area contributed by atoms with Crippen molar-refractivity contribution in [3.8, 4) is 0 Å². The van der Waals surface area contributed by atoms with E-state index in [-0.39, 0.29) is 48.3 Å². The molecule has 0 aliphatic carbocycles. The summed E-state index contributed by atoms with van der Waals surface area (Å²) in [6.45, 7) is 4.59. The molecule has 0 atom stereocenters. The lowest BCUT2D eigenvalue weighted by atomic mass is 10.2. The molecule has 5 nitrogen and oxygen atoms in total. The third-order valence-electron chi connectivity index (χ3n) is 2.59. The lowest BCUT2D eigenvalue weighted by molar-refractivity contribution is -0.147. The lowest BCUT2D eigenvalue weighted by Crippen LogP contribution is -2.38. The SMILES string of the molecule is CN=C(NCCC(=O)OC(C)C)NCc1ccc(F)cc1.I. The van der Waals surface area contributed by atoms with E-state index in [1.165, 1.54) is 12.1 Å². The Kier molecular flexibility index (Phi) is 10.5. The van der Waals surface area contributed by atoms with E-state index < -0.39 is 0 Å². The van der Waals surface area contributed by atoms with E-state index in [0.717, 1.165) is 5.56 Å². The highest BCUT2D eigenvalue weighted by Gasteiger charge is 2.05. The predicted molar refractivity (Wildman–Crippen MR) is 95.9 cm³/mol. The van der Waals surface area contributed by atoms with Crippen molar-refractivity contribution in [3.63, 3.8) is 0 Å². The number of guanidine groups is 1. The molecule has 0 fully saturated rings. The molecule has 0 radical (unpaired) electrons. The molecule has 0 heterocycles. The summed E-state index contributed by atoms with van der Waals surface area (Å²) in [5.41, 5.74) is 0.943. The number of hydrogen-bond acceptors (Lipinski definition) is 3. The highest BCUT2D eigenvalue weighted by Crippen LogP contribution is 2.01. The van der Waals surface area contributed by atoms with Crippen LogP contribution in [0, 0.1) is 5.82 Å². The van der Waals surface area contributed by atoms with Crippen molar-refractivity contribution < 1.29 is 13.9 Å². The third kappa shape index (κ3) is 8.81. The normalized spacial score (nSPS) is 10.9. The van der Waals surface area contributed by atoms with Crippen molar-refractivity contribution in [2.75, 3.05) is 13.6 Å². The van der Waals surface area contributed by atoms with Gasteiger partial charge in [-0.3, -0.25) is 9.79 Å². The fraction of sp³-hybridized carbons (Fsp3) is 0.467. The first-order valence-corrected chi connectivity index (χ1v) is 6.89. The van der Waals surface area contributed by atoms with Crippen molar-refractivity contribution in [2.24, 2.45) is 4.99 Å². The number of carbonyl (C=O) groups is 1. The number of aliphatic imine (C=N–C) groups is 1. The van der Waals surface area contributed by atoms with Gasteiger partial charge in [-0.1, -0.05) is 12.1 Å². The molecule has 0 saturated heterocycles. The first-order chi connectivity index (χ1) is 10.0. The second-order valence-electron chi connectivity index (χ2n) is 4.77. The van der Waals surface area contributed by atoms with Gasteiger partial charge in [0.2, 0.25) is 0 Å². The second kappa shape index (κ2) is 11.2. The van der Waals surface area contributed by atoms with E-state index in [0.29, 0.717) is 19.0 Å². The average molecular weight is 423 g/mol. The molecule has 0 saturated carbocycles. The Bertz CT molecular complexity index is 478. The van der Waals surface area contributed by atoms with E-state index in [9.17, 15) is 9.18 Å². The number of carbonyl (C=O) groups excluding carboxylic acids is 1. The zero-order valence-electron chi connectivity index (χ0n) is 13.1. The minimum absolute atomic E-state index is 0. The van der Waals surface area contributed by atoms with E-state index in [1.54, 1.807) is 19.2 Å². The molecular formula is C15H23FIN3O2. The van der Waals surface area contributed by atoms with E-state index in [1.807, 2.05) is 13.8 Å². The molecule has 0 spiro atoms. The Morgan fingerprint density at radius 2 is 1.91 bits per heavy atom. The molecule has 0 aliphatic heterocycles. The van der Waals surface area contributed by atoms with E-state index in [4.69, 9.17) is 4.74 Å². The monoisotopic (exact) mass is 423 g/mol. The van der Waals surface area contributed by atoms with E-state index in [2.05, 4.69) is 15.6 Å². The van der Waals surface area contributed by atoms with Crippen LogP contribution < -0.4 is 10.6 Å². The number of rotatable bonds is 6. The molecule has 0 amide bonds. The molecule has 0 unspecified atom stereocenters. The van der Waals surface area contributed by atoms with Gasteiger partial charge in [-0.05, 0) is 31.5 Å². The van der Waals surface area contributed by atoms with Crippen LogP contribution in [0.3, 0.4) is 0 Å². The summed E-state index contributed by atoms with van der Waals surface area (Å²) in [5.74, 6) is 0.0769. The maximum absolute atomic E-state index is 12.8. The quantitative estimate of drug-likeness (QED) is 0.320. The topological polar surface area (TPSA) is 62.7 Å². The molecular weight excluding hydrogens is 400 g/mol. The van der Waals surface area contributed by atoms with Crippen LogP contribution in [0.2, 0.25) is 0 Å². The summed E-state index contributed by atoms with van der Waals surface area (Å²) >= 11 is 0. The first kappa shape index (κ1) is 20.6. The van der Waals surface area contributed by atoms with Crippen LogP contribution in [0.5, 0.6) is 0 Å². The van der Waals surface area contributed by atoms with E-state index >= 15 is 0 Å². The third-order valence-corrected chi connectivity index (χ3v) is 2.59. The first-order valence-electron chi connectivity index (χ1n) is 6.89. The Hall–Kier alpha value is -1.38. The summed E-state index contributed by atoms with van der Waals surface area (Å²) in [6, 6.07) is 6.23. The number of hydrogen-bond donors (Lipinski definition) is 2. The van der Waals surface area contributed by atoms with Gasteiger partial charge in [-0.15, -0.1) is 24.0 Å². The van der Waals surface area contributed by atoms with Gasteiger partial charge in [0.25, 0.3) is 0 Å². The minimum Gasteiger partial charge on any atom is -0.463 e. The number of benzene rings is 1. The van der Waals surface area contributed by atoms with Crippen molar-refractivity contribution in [1.29, 1.82) is 0 Å². The summed E-state index contributed by atoms with van der Waals surface area (Å²) < 4.78 is 17.8. The predicted octanol–water partition coefficient (Wildman–Crippen LogP) is 2.45. The number of esters is 1. The number of nitrogens with zero attached hydrogens (tertiary/aromatic N) is 1. The Morgan fingerprint density at radius 3 is 2.45 bits per heavy atom. The molecule has 0 bridgehead atoms. The molecule has 1 aromatic carbocycles. The van der Waals surface area contributed by atoms with Crippen LogP contribution in [0.1, 0.15) is 25.8 Å². The zero-order chi connectivity index (χ0) is 15.7. The highest BCUT2D eigenvalue weighted by molar-refractivity contribution is 14.0. The van der Waals surface area contributed by atoms with Gasteiger partial charge < -0.3 is 15.4 Å². The smallest absolute Gasteiger partial charge is 0.307 e. The van der Waals surface area contributed by atoms with Gasteiger partial charge in [0.05, 0.1) is 12.5 Å². The summed E-state index contributed by atoms with van der Waals surface area (Å²) in [4.78, 5) is 15.4. The van der Waals surface area contributed by atoms with Crippen molar-refractivity contribution in [2.45, 2.75) is 32.9 Å². The van der Waals surface area contributed by atoms with Crippen LogP contribution in [-0.2, 0) is 16.1 Å². The minimum atomic E-state index is -0.259. The number of halogens is 2. The highest BCUT2D eigenvalue weighted by atomic mass is 127. The number of nitrogens with one attached hydrogen (secondary N) is 2. The average Bonchev–Trinajstić information content (AvgIpc) is 2.43. The zero-order valence-corrected chi connectivity index (χ0v) is 15.4.